The average molecular weight is 615 g/mol. The van der Waals surface area contributed by atoms with Gasteiger partial charge in [-0.25, -0.2) is 0 Å². The molecule has 0 aliphatic rings. The molecule has 0 atom stereocenters. The third-order valence-electron chi connectivity index (χ3n) is 0. The molecule has 0 aromatic rings. The molecule has 0 aromatic carbocycles. The Morgan fingerprint density at radius 1 is 0.471 bits per heavy atom. The van der Waals surface area contributed by atoms with Crippen molar-refractivity contribution in [2.24, 2.45) is 0 Å². The van der Waals surface area contributed by atoms with Crippen LogP contribution in [0.25, 0.3) is 0 Å². The minimum atomic E-state index is -2.19. The molecule has 0 radical (unpaired) electrons. The van der Waals surface area contributed by atoms with Crippen molar-refractivity contribution < 1.29 is 113 Å². The van der Waals surface area contributed by atoms with Crippen LogP contribution in [0.5, 0.6) is 0 Å². The van der Waals surface area contributed by atoms with Gasteiger partial charge in [0.15, 0.2) is 0 Å². The molecule has 17 heteroatoms. The van der Waals surface area contributed by atoms with Crippen molar-refractivity contribution in [3.8, 4) is 0 Å². The summed E-state index contributed by atoms with van der Waals surface area (Å²) in [6.07, 6.45) is 0. The van der Waals surface area contributed by atoms with E-state index in [0.717, 1.165) is 0 Å². The zero-order chi connectivity index (χ0) is 13.5. The summed E-state index contributed by atoms with van der Waals surface area (Å²) in [5, 5.41) is 0. The zero-order valence-corrected chi connectivity index (χ0v) is 25.3. The number of hydrogen-bond acceptors (Lipinski definition) is 10. The van der Waals surface area contributed by atoms with Crippen LogP contribution >= 0.6 is 0 Å². The van der Waals surface area contributed by atoms with E-state index in [1.54, 1.807) is 0 Å². The molecule has 0 bridgehead atoms. The van der Waals surface area contributed by atoms with Gasteiger partial charge < -0.3 is 0 Å². The molecular weight excluding hydrogens is 610 g/mol. The average Bonchev–Trinajstić information content (AvgIpc) is 2.09. The smallest absolute Gasteiger partial charge is 4.00 e. The van der Waals surface area contributed by atoms with Gasteiger partial charge in [0.25, 0.3) is 0 Å². The van der Waals surface area contributed by atoms with E-state index in [9.17, 15) is 0 Å². The van der Waals surface area contributed by atoms with Gasteiger partial charge in [0.05, 0.1) is 0 Å². The molecule has 0 unspecified atom stereocenters. The maximum absolute atomic E-state index is 8.53. The largest absolute Gasteiger partial charge is 4.00 e. The van der Waals surface area contributed by atoms with Crippen LogP contribution in [0.2, 0.25) is 0 Å². The Kier molecular flexibility index (Phi) is 240. The van der Waals surface area contributed by atoms with E-state index >= 15 is 0 Å². The van der Waals surface area contributed by atoms with Crippen LogP contribution in [0, 0.1) is 0 Å². The minimum Gasteiger partial charge on any atom is 4.00 e. The summed E-state index contributed by atoms with van der Waals surface area (Å²) in [5.74, 6) is 0. The van der Waals surface area contributed by atoms with E-state index in [0.29, 0.717) is 0 Å². The van der Waals surface area contributed by atoms with Crippen molar-refractivity contribution in [2.45, 2.75) is 0 Å². The maximum Gasteiger partial charge on any atom is 4.00 e. The second kappa shape index (κ2) is 95.7. The molecule has 0 aromatic heterocycles. The third-order valence-corrected chi connectivity index (χ3v) is 0. The second-order valence-corrected chi connectivity index (χ2v) is 2.50. The van der Waals surface area contributed by atoms with Gasteiger partial charge >= 0.3 is 191 Å². The summed E-state index contributed by atoms with van der Waals surface area (Å²) < 4.78 is 85.3. The van der Waals surface area contributed by atoms with E-state index in [1.807, 2.05) is 0 Å². The van der Waals surface area contributed by atoms with Gasteiger partial charge in [0.1, 0.15) is 0 Å². The van der Waals surface area contributed by atoms with E-state index in [1.165, 1.54) is 0 Å². The van der Waals surface area contributed by atoms with Crippen LogP contribution in [-0.4, -0.2) is 78.5 Å². The summed E-state index contributed by atoms with van der Waals surface area (Å²) in [6, 6.07) is 0. The molecule has 0 heterocycles. The summed E-state index contributed by atoms with van der Waals surface area (Å²) in [5.41, 5.74) is 0. The van der Waals surface area contributed by atoms with Crippen LogP contribution in [0.4, 0.5) is 0 Å². The Balaban J connectivity index is -0.0000000143. The van der Waals surface area contributed by atoms with Gasteiger partial charge in [-0.05, 0) is 0 Å². The minimum absolute atomic E-state index is 0. The third kappa shape index (κ3) is 591. The first-order chi connectivity index (χ1) is 7.07. The molecule has 17 heavy (non-hydrogen) atoms. The quantitative estimate of drug-likeness (QED) is 0.236. The molecule has 0 rings (SSSR count). The molecule has 0 N–H and O–H groups in total. The van der Waals surface area contributed by atoms with Crippen molar-refractivity contribution >= 4 is 78.5 Å². The SMILES string of the molecule is [K+].[O]=[GeH][O-].[O]=[GeH][O-].[O]=[GeH][O-].[O]=[GeH][O-].[O]=[GeH][O-].[Ti+4]. The van der Waals surface area contributed by atoms with Crippen molar-refractivity contribution in [2.75, 3.05) is 0 Å². The first kappa shape index (κ1) is 42.7. The zero-order valence-electron chi connectivity index (χ0n) is 8.47. The molecule has 0 fully saturated rings. The first-order valence-electron chi connectivity index (χ1n) is 2.36. The fourth-order valence-corrected chi connectivity index (χ4v) is 0. The van der Waals surface area contributed by atoms with Gasteiger partial charge in [0, 0.05) is 0 Å². The Morgan fingerprint density at radius 3 is 0.471 bits per heavy atom. The summed E-state index contributed by atoms with van der Waals surface area (Å²) in [7, 11) is 0. The van der Waals surface area contributed by atoms with E-state index < -0.39 is 78.5 Å². The molecule has 0 saturated heterocycles. The fourth-order valence-electron chi connectivity index (χ4n) is 0. The van der Waals surface area contributed by atoms with Crippen molar-refractivity contribution in [3.63, 3.8) is 0 Å². The summed E-state index contributed by atoms with van der Waals surface area (Å²) in [4.78, 5) is 0. The van der Waals surface area contributed by atoms with Crippen LogP contribution in [-0.2, 0) is 40.6 Å². The second-order valence-electron chi connectivity index (χ2n) is 0.481. The normalized spacial score (nSPS) is 3.53. The molecule has 90 valence electrons. The van der Waals surface area contributed by atoms with Crippen molar-refractivity contribution in [1.29, 1.82) is 0 Å². The molecule has 0 saturated carbocycles. The van der Waals surface area contributed by atoms with Gasteiger partial charge in [-0.1, -0.05) is 0 Å². The summed E-state index contributed by atoms with van der Waals surface area (Å²) >= 11 is -10.9. The summed E-state index contributed by atoms with van der Waals surface area (Å²) in [6.45, 7) is 0. The van der Waals surface area contributed by atoms with Crippen LogP contribution in [0.1, 0.15) is 0 Å². The van der Waals surface area contributed by atoms with Crippen LogP contribution in [0.3, 0.4) is 0 Å². The molecule has 0 aliphatic heterocycles. The van der Waals surface area contributed by atoms with Crippen LogP contribution in [0.15, 0.2) is 0 Å². The topological polar surface area (TPSA) is 201 Å². The maximum atomic E-state index is 8.53. The molecule has 0 amide bonds. The predicted molar refractivity (Wildman–Crippen MR) is 39.2 cm³/mol. The fraction of sp³-hybridized carbons (Fsp3) is 0. The predicted octanol–water partition coefficient (Wildman–Crippen LogP) is -12.8. The Bertz CT molecular complexity index is 97.0. The number of rotatable bonds is 0. The van der Waals surface area contributed by atoms with E-state index in [4.69, 9.17) is 39.6 Å². The molecule has 0 aliphatic carbocycles. The van der Waals surface area contributed by atoms with Gasteiger partial charge in [-0.2, -0.15) is 0 Å². The molecular formula is H5Ge5KO10Ti. The monoisotopic (exact) mass is 622 g/mol. The molecule has 10 nitrogen and oxygen atoms in total. The van der Waals surface area contributed by atoms with Crippen LogP contribution < -0.4 is 72.1 Å². The Labute approximate surface area is 187 Å². The van der Waals surface area contributed by atoms with Crippen molar-refractivity contribution in [3.05, 3.63) is 0 Å². The van der Waals surface area contributed by atoms with Gasteiger partial charge in [-0.3, -0.25) is 0 Å². The molecule has 0 spiro atoms. The number of hydrogen-bond donors (Lipinski definition) is 0. The van der Waals surface area contributed by atoms with Gasteiger partial charge in [0.2, 0.25) is 0 Å². The first-order valence-corrected chi connectivity index (χ1v) is 12.2. The standard InChI is InChI=1S/5GeHO2.K.Ti/c5*2-1-3;;/h5*1H;;/q5*-1;+1;+4. The van der Waals surface area contributed by atoms with E-state index in [-0.39, 0.29) is 73.1 Å². The van der Waals surface area contributed by atoms with Crippen molar-refractivity contribution in [1.82, 2.24) is 0 Å². The Morgan fingerprint density at radius 2 is 0.471 bits per heavy atom. The Hall–Kier alpha value is 3.06. The van der Waals surface area contributed by atoms with E-state index in [2.05, 4.69) is 0 Å². The van der Waals surface area contributed by atoms with Gasteiger partial charge in [-0.15, -0.1) is 0 Å².